The van der Waals surface area contributed by atoms with Gasteiger partial charge in [0.2, 0.25) is 5.91 Å². The molecule has 2 unspecified atom stereocenters. The molecular weight excluding hydrogens is 226 g/mol. The number of carbonyl (C=O) groups excluding carboxylic acids is 1. The fraction of sp³-hybridized carbons (Fsp3) is 0.929. The zero-order chi connectivity index (χ0) is 13.0. The molecule has 0 radical (unpaired) electrons. The summed E-state index contributed by atoms with van der Waals surface area (Å²) >= 11 is 0. The van der Waals surface area contributed by atoms with Crippen molar-refractivity contribution >= 4 is 5.91 Å². The predicted octanol–water partition coefficient (Wildman–Crippen LogP) is 0.975. The van der Waals surface area contributed by atoms with Gasteiger partial charge in [-0.05, 0) is 58.7 Å². The zero-order valence-corrected chi connectivity index (χ0v) is 11.7. The van der Waals surface area contributed by atoms with Crippen LogP contribution in [0.15, 0.2) is 0 Å². The highest BCUT2D eigenvalue weighted by molar-refractivity contribution is 5.76. The molecule has 0 bridgehead atoms. The molecule has 1 saturated heterocycles. The summed E-state index contributed by atoms with van der Waals surface area (Å²) < 4.78 is 0. The largest absolute Gasteiger partial charge is 0.355 e. The second kappa shape index (κ2) is 6.53. The molecule has 1 aliphatic heterocycles. The number of hydrogen-bond acceptors (Lipinski definition) is 3. The van der Waals surface area contributed by atoms with Crippen LogP contribution in [0.3, 0.4) is 0 Å². The van der Waals surface area contributed by atoms with Gasteiger partial charge in [-0.15, -0.1) is 0 Å². The molecule has 1 saturated carbocycles. The van der Waals surface area contributed by atoms with E-state index < -0.39 is 0 Å². The predicted molar refractivity (Wildman–Crippen MR) is 73.5 cm³/mol. The van der Waals surface area contributed by atoms with Crippen LogP contribution in [0, 0.1) is 5.92 Å². The Hall–Kier alpha value is -0.610. The van der Waals surface area contributed by atoms with E-state index in [9.17, 15) is 4.79 Å². The average molecular weight is 253 g/mol. The molecule has 2 N–H and O–H groups in total. The van der Waals surface area contributed by atoms with Crippen molar-refractivity contribution < 1.29 is 4.79 Å². The van der Waals surface area contributed by atoms with Gasteiger partial charge in [0.05, 0.1) is 0 Å². The molecule has 2 aliphatic rings. The fourth-order valence-electron chi connectivity index (χ4n) is 2.68. The molecule has 0 aromatic heterocycles. The first-order valence-electron chi connectivity index (χ1n) is 7.36. The molecule has 2 atom stereocenters. The molecule has 18 heavy (non-hydrogen) atoms. The summed E-state index contributed by atoms with van der Waals surface area (Å²) in [7, 11) is 2.17. The molecule has 2 fully saturated rings. The van der Waals surface area contributed by atoms with Crippen LogP contribution in [0.1, 0.15) is 39.0 Å². The molecule has 1 heterocycles. The van der Waals surface area contributed by atoms with Gasteiger partial charge in [-0.3, -0.25) is 9.69 Å². The number of carbonyl (C=O) groups is 1. The van der Waals surface area contributed by atoms with E-state index in [0.29, 0.717) is 18.4 Å². The van der Waals surface area contributed by atoms with Gasteiger partial charge in [0.1, 0.15) is 0 Å². The molecule has 4 heteroatoms. The van der Waals surface area contributed by atoms with Gasteiger partial charge in [-0.2, -0.15) is 0 Å². The van der Waals surface area contributed by atoms with Crippen molar-refractivity contribution in [1.82, 2.24) is 15.5 Å². The molecule has 4 nitrogen and oxygen atoms in total. The summed E-state index contributed by atoms with van der Waals surface area (Å²) in [5.74, 6) is 0.759. The Balaban J connectivity index is 1.61. The summed E-state index contributed by atoms with van der Waals surface area (Å²) in [5, 5.41) is 6.44. The van der Waals surface area contributed by atoms with Crippen LogP contribution in [-0.2, 0) is 4.79 Å². The monoisotopic (exact) mass is 253 g/mol. The lowest BCUT2D eigenvalue weighted by Gasteiger charge is -2.26. The van der Waals surface area contributed by atoms with Crippen molar-refractivity contribution in [3.63, 3.8) is 0 Å². The van der Waals surface area contributed by atoms with Crippen molar-refractivity contribution in [3.05, 3.63) is 0 Å². The summed E-state index contributed by atoms with van der Waals surface area (Å²) in [6, 6.07) is 1.21. The maximum atomic E-state index is 11.9. The van der Waals surface area contributed by atoms with Crippen LogP contribution in [0.5, 0.6) is 0 Å². The Bertz CT molecular complexity index is 272. The number of hydrogen-bond donors (Lipinski definition) is 2. The van der Waals surface area contributed by atoms with Gasteiger partial charge in [0.25, 0.3) is 0 Å². The summed E-state index contributed by atoms with van der Waals surface area (Å²) in [6.45, 7) is 5.10. The summed E-state index contributed by atoms with van der Waals surface area (Å²) in [4.78, 5) is 14.3. The first kappa shape index (κ1) is 13.8. The molecular formula is C14H27N3O. The highest BCUT2D eigenvalue weighted by atomic mass is 16.1. The van der Waals surface area contributed by atoms with Crippen molar-refractivity contribution in [2.75, 3.05) is 26.7 Å². The van der Waals surface area contributed by atoms with Crippen molar-refractivity contribution in [2.45, 2.75) is 51.1 Å². The van der Waals surface area contributed by atoms with Crippen molar-refractivity contribution in [1.29, 1.82) is 0 Å². The standard InChI is InChI=1S/C14H27N3O/c1-11(17(2)13-5-6-13)9-16-14(18)8-12-4-3-7-15-10-12/h11-13,15H,3-10H2,1-2H3,(H,16,18). The van der Waals surface area contributed by atoms with Crippen LogP contribution >= 0.6 is 0 Å². The van der Waals surface area contributed by atoms with E-state index >= 15 is 0 Å². The zero-order valence-electron chi connectivity index (χ0n) is 11.7. The molecule has 0 aromatic rings. The van der Waals surface area contributed by atoms with Crippen LogP contribution in [0.4, 0.5) is 0 Å². The smallest absolute Gasteiger partial charge is 0.220 e. The van der Waals surface area contributed by atoms with E-state index in [0.717, 1.165) is 25.7 Å². The topological polar surface area (TPSA) is 44.4 Å². The van der Waals surface area contributed by atoms with Crippen molar-refractivity contribution in [2.24, 2.45) is 5.92 Å². The number of nitrogens with one attached hydrogen (secondary N) is 2. The summed E-state index contributed by atoms with van der Waals surface area (Å²) in [5.41, 5.74) is 0. The Kier molecular flexibility index (Phi) is 5.01. The number of rotatable bonds is 6. The maximum Gasteiger partial charge on any atom is 0.220 e. The maximum absolute atomic E-state index is 11.9. The minimum atomic E-state index is 0.222. The Morgan fingerprint density at radius 1 is 1.44 bits per heavy atom. The third-order valence-corrected chi connectivity index (χ3v) is 4.29. The van der Waals surface area contributed by atoms with Crippen LogP contribution in [0.25, 0.3) is 0 Å². The van der Waals surface area contributed by atoms with Crippen LogP contribution in [-0.4, -0.2) is 49.6 Å². The molecule has 1 amide bonds. The van der Waals surface area contributed by atoms with Gasteiger partial charge in [0.15, 0.2) is 0 Å². The highest BCUT2D eigenvalue weighted by Gasteiger charge is 2.29. The molecule has 104 valence electrons. The second-order valence-electron chi connectivity index (χ2n) is 5.97. The first-order valence-corrected chi connectivity index (χ1v) is 7.36. The van der Waals surface area contributed by atoms with E-state index in [4.69, 9.17) is 0 Å². The van der Waals surface area contributed by atoms with E-state index in [2.05, 4.69) is 29.5 Å². The average Bonchev–Trinajstić information content (AvgIpc) is 3.20. The minimum absolute atomic E-state index is 0.222. The molecule has 1 aliphatic carbocycles. The highest BCUT2D eigenvalue weighted by Crippen LogP contribution is 2.26. The molecule has 0 spiro atoms. The van der Waals surface area contributed by atoms with E-state index in [-0.39, 0.29) is 5.91 Å². The van der Waals surface area contributed by atoms with Crippen LogP contribution < -0.4 is 10.6 Å². The number of piperidine rings is 1. The van der Waals surface area contributed by atoms with Crippen molar-refractivity contribution in [3.8, 4) is 0 Å². The van der Waals surface area contributed by atoms with Gasteiger partial charge < -0.3 is 10.6 Å². The Labute approximate surface area is 110 Å². The Morgan fingerprint density at radius 3 is 2.83 bits per heavy atom. The van der Waals surface area contributed by atoms with E-state index in [1.165, 1.54) is 25.7 Å². The van der Waals surface area contributed by atoms with Gasteiger partial charge in [-0.1, -0.05) is 0 Å². The fourth-order valence-corrected chi connectivity index (χ4v) is 2.68. The third kappa shape index (κ3) is 4.25. The molecule has 0 aromatic carbocycles. The number of likely N-dealkylation sites (N-methyl/N-ethyl adjacent to an activating group) is 1. The normalized spacial score (nSPS) is 26.1. The minimum Gasteiger partial charge on any atom is -0.355 e. The summed E-state index contributed by atoms with van der Waals surface area (Å²) in [6.07, 6.45) is 5.73. The lowest BCUT2D eigenvalue weighted by atomic mass is 9.96. The number of nitrogens with zero attached hydrogens (tertiary/aromatic N) is 1. The lowest BCUT2D eigenvalue weighted by Crippen LogP contribution is -2.42. The second-order valence-corrected chi connectivity index (χ2v) is 5.97. The van der Waals surface area contributed by atoms with Gasteiger partial charge in [-0.25, -0.2) is 0 Å². The number of amides is 1. The van der Waals surface area contributed by atoms with Gasteiger partial charge in [0, 0.05) is 25.0 Å². The third-order valence-electron chi connectivity index (χ3n) is 4.29. The SMILES string of the molecule is CC(CNC(=O)CC1CCCNC1)N(C)C1CC1. The lowest BCUT2D eigenvalue weighted by molar-refractivity contribution is -0.122. The Morgan fingerprint density at radius 2 is 2.22 bits per heavy atom. The van der Waals surface area contributed by atoms with Gasteiger partial charge >= 0.3 is 0 Å². The van der Waals surface area contributed by atoms with Crippen LogP contribution in [0.2, 0.25) is 0 Å². The van der Waals surface area contributed by atoms with E-state index in [1.54, 1.807) is 0 Å². The quantitative estimate of drug-likeness (QED) is 0.741. The van der Waals surface area contributed by atoms with E-state index in [1.807, 2.05) is 0 Å². The first-order chi connectivity index (χ1) is 8.66. The molecule has 2 rings (SSSR count).